The highest BCUT2D eigenvalue weighted by molar-refractivity contribution is 6.39. The molecule has 0 aromatic carbocycles. The number of pyridine rings is 1. The molecule has 0 amide bonds. The first-order chi connectivity index (χ1) is 9.80. The predicted molar refractivity (Wildman–Crippen MR) is 87.3 cm³/mol. The van der Waals surface area contributed by atoms with Gasteiger partial charge in [0, 0.05) is 18.4 Å². The van der Waals surface area contributed by atoms with Crippen LogP contribution in [-0.2, 0) is 0 Å². The van der Waals surface area contributed by atoms with E-state index in [1.807, 2.05) is 7.05 Å². The maximum absolute atomic E-state index is 12.5. The number of rotatable bonds is 4. The van der Waals surface area contributed by atoms with Crippen LogP contribution in [0.5, 0.6) is 0 Å². The highest BCUT2D eigenvalue weighted by Gasteiger charge is 2.31. The minimum atomic E-state index is -0.0433. The van der Waals surface area contributed by atoms with Gasteiger partial charge in [-0.2, -0.15) is 0 Å². The summed E-state index contributed by atoms with van der Waals surface area (Å²) in [6.45, 7) is 4.93. The zero-order valence-corrected chi connectivity index (χ0v) is 14.3. The molecule has 1 heterocycles. The van der Waals surface area contributed by atoms with Crippen LogP contribution in [0.3, 0.4) is 0 Å². The van der Waals surface area contributed by atoms with Gasteiger partial charge in [-0.3, -0.25) is 14.7 Å². The lowest BCUT2D eigenvalue weighted by molar-refractivity contribution is 0.0818. The van der Waals surface area contributed by atoms with E-state index >= 15 is 0 Å². The van der Waals surface area contributed by atoms with Crippen molar-refractivity contribution in [1.29, 1.82) is 0 Å². The molecule has 0 aliphatic heterocycles. The van der Waals surface area contributed by atoms with Gasteiger partial charge in [0.2, 0.25) is 0 Å². The van der Waals surface area contributed by atoms with Gasteiger partial charge in [0.15, 0.2) is 5.78 Å². The monoisotopic (exact) mass is 328 g/mol. The van der Waals surface area contributed by atoms with E-state index in [1.165, 1.54) is 25.2 Å². The Bertz CT molecular complexity index is 511. The molecule has 1 saturated carbocycles. The van der Waals surface area contributed by atoms with Gasteiger partial charge in [-0.05, 0) is 31.7 Å². The van der Waals surface area contributed by atoms with Crippen LogP contribution in [0.15, 0.2) is 12.4 Å². The van der Waals surface area contributed by atoms with Crippen LogP contribution >= 0.6 is 23.2 Å². The fourth-order valence-corrected chi connectivity index (χ4v) is 3.72. The molecule has 1 atom stereocenters. The molecule has 0 saturated heterocycles. The third kappa shape index (κ3) is 4.18. The third-order valence-corrected chi connectivity index (χ3v) is 4.90. The second-order valence-electron chi connectivity index (χ2n) is 6.73. The minimum absolute atomic E-state index is 0.0433. The Kier molecular flexibility index (Phi) is 5.29. The van der Waals surface area contributed by atoms with Gasteiger partial charge < -0.3 is 0 Å². The van der Waals surface area contributed by atoms with E-state index in [2.05, 4.69) is 23.7 Å². The van der Waals surface area contributed by atoms with Crippen molar-refractivity contribution in [3.8, 4) is 0 Å². The van der Waals surface area contributed by atoms with Crippen LogP contribution in [0.25, 0.3) is 0 Å². The normalized spacial score (nSPS) is 21.5. The summed E-state index contributed by atoms with van der Waals surface area (Å²) in [6, 6.07) is 0.442. The van der Waals surface area contributed by atoms with Crippen LogP contribution in [0.2, 0.25) is 10.0 Å². The average Bonchev–Trinajstić information content (AvgIpc) is 2.37. The Morgan fingerprint density at radius 2 is 2.00 bits per heavy atom. The summed E-state index contributed by atoms with van der Waals surface area (Å²) in [5.74, 6) is -0.0433. The summed E-state index contributed by atoms with van der Waals surface area (Å²) in [6.07, 6.45) is 7.66. The number of ketones is 1. The number of halogens is 2. The molecule has 1 fully saturated rings. The van der Waals surface area contributed by atoms with Gasteiger partial charge in [0.1, 0.15) is 0 Å². The van der Waals surface area contributed by atoms with Crippen LogP contribution < -0.4 is 0 Å². The number of aromatic nitrogens is 1. The maximum Gasteiger partial charge on any atom is 0.179 e. The molecule has 116 valence electrons. The van der Waals surface area contributed by atoms with Crippen molar-refractivity contribution in [2.75, 3.05) is 13.6 Å². The average molecular weight is 329 g/mol. The molecule has 1 aliphatic rings. The van der Waals surface area contributed by atoms with Crippen molar-refractivity contribution in [2.45, 2.75) is 45.6 Å². The summed E-state index contributed by atoms with van der Waals surface area (Å²) in [4.78, 5) is 18.5. The first-order valence-corrected chi connectivity index (χ1v) is 8.08. The molecule has 21 heavy (non-hydrogen) atoms. The lowest BCUT2D eigenvalue weighted by atomic mass is 9.75. The Morgan fingerprint density at radius 1 is 1.38 bits per heavy atom. The topological polar surface area (TPSA) is 33.2 Å². The van der Waals surface area contributed by atoms with Crippen LogP contribution in [0.1, 0.15) is 49.9 Å². The van der Waals surface area contributed by atoms with Gasteiger partial charge in [0.25, 0.3) is 0 Å². The molecule has 0 bridgehead atoms. The van der Waals surface area contributed by atoms with E-state index in [4.69, 9.17) is 23.2 Å². The molecule has 5 heteroatoms. The Morgan fingerprint density at radius 3 is 2.57 bits per heavy atom. The first kappa shape index (κ1) is 16.7. The second-order valence-corrected chi connectivity index (χ2v) is 7.55. The highest BCUT2D eigenvalue weighted by atomic mass is 35.5. The third-order valence-electron chi connectivity index (χ3n) is 4.33. The molecule has 1 aromatic rings. The van der Waals surface area contributed by atoms with Gasteiger partial charge in [-0.25, -0.2) is 0 Å². The van der Waals surface area contributed by atoms with E-state index in [0.717, 1.165) is 12.8 Å². The Balaban J connectivity index is 2.05. The van der Waals surface area contributed by atoms with Crippen LogP contribution in [-0.4, -0.2) is 35.3 Å². The number of Topliss-reactive ketones (excluding diaryl/α,β-unsaturated/α-hetero) is 1. The van der Waals surface area contributed by atoms with Crippen molar-refractivity contribution in [3.05, 3.63) is 28.0 Å². The summed E-state index contributed by atoms with van der Waals surface area (Å²) >= 11 is 12.1. The fourth-order valence-electron chi connectivity index (χ4n) is 3.15. The summed E-state index contributed by atoms with van der Waals surface area (Å²) in [5, 5.41) is 0.648. The molecule has 1 aliphatic carbocycles. The minimum Gasteiger partial charge on any atom is -0.296 e. The standard InChI is InChI=1S/C16H22Cl2N2O/c1-16(2)6-4-5-11(7-16)20(3)10-14(21)15-12(17)8-19-9-13(15)18/h8-9,11H,4-7,10H2,1-3H3. The Hall–Kier alpha value is -0.640. The first-order valence-electron chi connectivity index (χ1n) is 7.32. The quantitative estimate of drug-likeness (QED) is 0.764. The van der Waals surface area contributed by atoms with Gasteiger partial charge in [-0.15, -0.1) is 0 Å². The van der Waals surface area contributed by atoms with Gasteiger partial charge in [-0.1, -0.05) is 43.5 Å². The zero-order chi connectivity index (χ0) is 15.6. The summed E-state index contributed by atoms with van der Waals surface area (Å²) in [5.41, 5.74) is 0.738. The molecular weight excluding hydrogens is 307 g/mol. The van der Waals surface area contributed by atoms with Gasteiger partial charge in [0.05, 0.1) is 22.2 Å². The van der Waals surface area contributed by atoms with E-state index in [0.29, 0.717) is 33.6 Å². The molecule has 0 radical (unpaired) electrons. The number of hydrogen-bond acceptors (Lipinski definition) is 3. The highest BCUT2D eigenvalue weighted by Crippen LogP contribution is 2.37. The molecule has 3 nitrogen and oxygen atoms in total. The van der Waals surface area contributed by atoms with Crippen molar-refractivity contribution in [2.24, 2.45) is 5.41 Å². The van der Waals surface area contributed by atoms with Gasteiger partial charge >= 0.3 is 0 Å². The predicted octanol–water partition coefficient (Wildman–Crippen LogP) is 4.47. The van der Waals surface area contributed by atoms with E-state index < -0.39 is 0 Å². The molecule has 0 spiro atoms. The summed E-state index contributed by atoms with van der Waals surface area (Å²) in [7, 11) is 2.01. The summed E-state index contributed by atoms with van der Waals surface area (Å²) < 4.78 is 0. The molecular formula is C16H22Cl2N2O. The largest absolute Gasteiger partial charge is 0.296 e. The number of hydrogen-bond donors (Lipinski definition) is 0. The number of carbonyl (C=O) groups is 1. The number of carbonyl (C=O) groups excluding carboxylic acids is 1. The lowest BCUT2D eigenvalue weighted by Gasteiger charge is -2.39. The molecule has 1 unspecified atom stereocenters. The fraction of sp³-hybridized carbons (Fsp3) is 0.625. The van der Waals surface area contributed by atoms with E-state index in [9.17, 15) is 4.79 Å². The maximum atomic E-state index is 12.5. The smallest absolute Gasteiger partial charge is 0.179 e. The molecule has 2 rings (SSSR count). The van der Waals surface area contributed by atoms with Crippen molar-refractivity contribution in [3.63, 3.8) is 0 Å². The van der Waals surface area contributed by atoms with Crippen molar-refractivity contribution < 1.29 is 4.79 Å². The Labute approximate surface area is 136 Å². The second kappa shape index (κ2) is 6.64. The van der Waals surface area contributed by atoms with Crippen LogP contribution in [0.4, 0.5) is 0 Å². The van der Waals surface area contributed by atoms with Crippen molar-refractivity contribution in [1.82, 2.24) is 9.88 Å². The zero-order valence-electron chi connectivity index (χ0n) is 12.8. The SMILES string of the molecule is CN(CC(=O)c1c(Cl)cncc1Cl)C1CCCC(C)(C)C1. The lowest BCUT2D eigenvalue weighted by Crippen LogP contribution is -2.41. The van der Waals surface area contributed by atoms with Crippen molar-refractivity contribution >= 4 is 29.0 Å². The molecule has 0 N–H and O–H groups in total. The number of likely N-dealkylation sites (N-methyl/N-ethyl adjacent to an activating group) is 1. The van der Waals surface area contributed by atoms with E-state index in [-0.39, 0.29) is 5.78 Å². The number of nitrogens with zero attached hydrogens (tertiary/aromatic N) is 2. The van der Waals surface area contributed by atoms with E-state index in [1.54, 1.807) is 0 Å². The van der Waals surface area contributed by atoms with Crippen LogP contribution in [0, 0.1) is 5.41 Å². The molecule has 1 aromatic heterocycles.